The first kappa shape index (κ1) is 26.2. The topological polar surface area (TPSA) is 86.9 Å². The Morgan fingerprint density at radius 2 is 1.68 bits per heavy atom. The maximum atomic E-state index is 13.0. The molecule has 0 unspecified atom stereocenters. The largest absolute Gasteiger partial charge is 0.416 e. The van der Waals surface area contributed by atoms with Crippen LogP contribution in [0.5, 0.6) is 0 Å². The van der Waals surface area contributed by atoms with Gasteiger partial charge in [-0.25, -0.2) is 4.98 Å². The summed E-state index contributed by atoms with van der Waals surface area (Å²) in [6.07, 6.45) is -4.44. The molecule has 0 fully saturated rings. The van der Waals surface area contributed by atoms with Gasteiger partial charge in [-0.05, 0) is 60.2 Å². The van der Waals surface area contributed by atoms with Crippen LogP contribution in [-0.4, -0.2) is 21.8 Å². The van der Waals surface area contributed by atoms with Gasteiger partial charge in [-0.2, -0.15) is 13.2 Å². The average Bonchev–Trinajstić information content (AvgIpc) is 3.26. The van der Waals surface area contributed by atoms with Gasteiger partial charge in [-0.3, -0.25) is 9.59 Å². The maximum absolute atomic E-state index is 13.0. The van der Waals surface area contributed by atoms with Crippen molar-refractivity contribution in [1.29, 1.82) is 0 Å². The smallest absolute Gasteiger partial charge is 0.352 e. The molecule has 1 heterocycles. The predicted molar refractivity (Wildman–Crippen MR) is 137 cm³/mol. The molecule has 10 heteroatoms. The molecule has 4 rings (SSSR count). The summed E-state index contributed by atoms with van der Waals surface area (Å²) in [6.45, 7) is 5.69. The number of fused-ring (bicyclic) bond motifs is 1. The number of nitrogens with zero attached hydrogens (tertiary/aromatic N) is 1. The molecule has 0 atom stereocenters. The second kappa shape index (κ2) is 9.89. The van der Waals surface area contributed by atoms with Crippen molar-refractivity contribution in [3.05, 3.63) is 82.4 Å². The molecule has 0 radical (unpaired) electrons. The van der Waals surface area contributed by atoms with Crippen LogP contribution < -0.4 is 10.6 Å². The zero-order valence-electron chi connectivity index (χ0n) is 20.3. The second-order valence-electron chi connectivity index (χ2n) is 9.59. The summed E-state index contributed by atoms with van der Waals surface area (Å²) in [4.78, 5) is 32.3. The molecule has 3 N–H and O–H groups in total. The van der Waals surface area contributed by atoms with Gasteiger partial charge in [0, 0.05) is 23.2 Å². The Kier molecular flexibility index (Phi) is 7.01. The normalized spacial score (nSPS) is 12.0. The minimum absolute atomic E-state index is 0.112. The van der Waals surface area contributed by atoms with Gasteiger partial charge in [0.1, 0.15) is 5.82 Å². The zero-order valence-corrected chi connectivity index (χ0v) is 21.0. The molecule has 2 amide bonds. The van der Waals surface area contributed by atoms with Crippen LogP contribution in [0.3, 0.4) is 0 Å². The Hall–Kier alpha value is -3.85. The number of H-pyrrole nitrogens is 1. The number of carbonyl (C=O) groups excluding carboxylic acids is 2. The molecule has 0 aliphatic heterocycles. The Labute approximate surface area is 216 Å². The van der Waals surface area contributed by atoms with Crippen molar-refractivity contribution in [2.24, 2.45) is 5.41 Å². The van der Waals surface area contributed by atoms with Crippen molar-refractivity contribution in [1.82, 2.24) is 15.3 Å². The first-order chi connectivity index (χ1) is 17.3. The second-order valence-corrected chi connectivity index (χ2v) is 10.0. The van der Waals surface area contributed by atoms with Gasteiger partial charge in [0.05, 0.1) is 27.2 Å². The van der Waals surface area contributed by atoms with Gasteiger partial charge < -0.3 is 15.6 Å². The monoisotopic (exact) mass is 528 g/mol. The van der Waals surface area contributed by atoms with Crippen molar-refractivity contribution in [3.63, 3.8) is 0 Å². The SMILES string of the molecule is CC(C)(C)C(=O)NCc1ccc(Cl)c(C(=O)Nc2ccc(-c3nc4ccc(C(F)(F)F)cc4[nH]3)cc2)c1. The molecular weight excluding hydrogens is 505 g/mol. The first-order valence-corrected chi connectivity index (χ1v) is 11.7. The maximum Gasteiger partial charge on any atom is 0.416 e. The third kappa shape index (κ3) is 6.11. The molecular formula is C27H24ClF3N4O2. The lowest BCUT2D eigenvalue weighted by atomic mass is 9.95. The lowest BCUT2D eigenvalue weighted by molar-refractivity contribution is -0.137. The number of alkyl halides is 3. The van der Waals surface area contributed by atoms with E-state index in [1.165, 1.54) is 6.07 Å². The van der Waals surface area contributed by atoms with E-state index < -0.39 is 23.1 Å². The fraction of sp³-hybridized carbons (Fsp3) is 0.222. The number of benzene rings is 3. The van der Waals surface area contributed by atoms with E-state index in [0.717, 1.165) is 17.7 Å². The Bertz CT molecular complexity index is 1470. The van der Waals surface area contributed by atoms with Crippen molar-refractivity contribution in [3.8, 4) is 11.4 Å². The van der Waals surface area contributed by atoms with Gasteiger partial charge in [0.2, 0.25) is 5.91 Å². The number of imidazole rings is 1. The van der Waals surface area contributed by atoms with E-state index in [0.29, 0.717) is 22.6 Å². The number of nitrogens with one attached hydrogen (secondary N) is 3. The van der Waals surface area contributed by atoms with Crippen molar-refractivity contribution >= 4 is 40.1 Å². The summed E-state index contributed by atoms with van der Waals surface area (Å²) in [7, 11) is 0. The highest BCUT2D eigenvalue weighted by atomic mass is 35.5. The molecule has 0 aliphatic rings. The number of hydrogen-bond donors (Lipinski definition) is 3. The summed E-state index contributed by atoms with van der Waals surface area (Å²) in [5.74, 6) is -0.135. The minimum atomic E-state index is -4.44. The predicted octanol–water partition coefficient (Wildman–Crippen LogP) is 6.82. The van der Waals surface area contributed by atoms with E-state index in [1.807, 2.05) is 20.8 Å². The summed E-state index contributed by atoms with van der Waals surface area (Å²) < 4.78 is 38.9. The number of carbonyl (C=O) groups is 2. The lowest BCUT2D eigenvalue weighted by Gasteiger charge is -2.18. The molecule has 0 saturated carbocycles. The standard InChI is InChI=1S/C27H24ClF3N4O2/c1-26(2,3)25(37)32-14-15-4-10-20(28)19(12-15)24(36)33-18-8-5-16(6-9-18)23-34-21-11-7-17(27(29,30)31)13-22(21)35-23/h4-13H,14H2,1-3H3,(H,32,37)(H,33,36)(H,34,35). The third-order valence-corrected chi connectivity index (χ3v) is 5.96. The van der Waals surface area contributed by atoms with Crippen LogP contribution in [0.25, 0.3) is 22.4 Å². The van der Waals surface area contributed by atoms with E-state index in [4.69, 9.17) is 11.6 Å². The number of halogens is 4. The average molecular weight is 529 g/mol. The van der Waals surface area contributed by atoms with Gasteiger partial charge in [0.25, 0.3) is 5.91 Å². The van der Waals surface area contributed by atoms with Gasteiger partial charge in [0.15, 0.2) is 0 Å². The Morgan fingerprint density at radius 3 is 2.32 bits per heavy atom. The molecule has 6 nitrogen and oxygen atoms in total. The van der Waals surface area contributed by atoms with E-state index in [2.05, 4.69) is 20.6 Å². The van der Waals surface area contributed by atoms with E-state index in [1.54, 1.807) is 42.5 Å². The fourth-order valence-electron chi connectivity index (χ4n) is 3.54. The molecule has 0 saturated heterocycles. The summed E-state index contributed by atoms with van der Waals surface area (Å²) >= 11 is 6.24. The van der Waals surface area contributed by atoms with Crippen LogP contribution >= 0.6 is 11.6 Å². The van der Waals surface area contributed by atoms with Crippen LogP contribution in [0.2, 0.25) is 5.02 Å². The highest BCUT2D eigenvalue weighted by molar-refractivity contribution is 6.34. The Morgan fingerprint density at radius 1 is 0.973 bits per heavy atom. The molecule has 0 bridgehead atoms. The van der Waals surface area contributed by atoms with Gasteiger partial charge in [-0.15, -0.1) is 0 Å². The van der Waals surface area contributed by atoms with Crippen molar-refractivity contribution in [2.45, 2.75) is 33.5 Å². The highest BCUT2D eigenvalue weighted by Crippen LogP contribution is 2.32. The van der Waals surface area contributed by atoms with E-state index >= 15 is 0 Å². The van der Waals surface area contributed by atoms with Gasteiger partial charge >= 0.3 is 6.18 Å². The van der Waals surface area contributed by atoms with E-state index in [9.17, 15) is 22.8 Å². The summed E-state index contributed by atoms with van der Waals surface area (Å²) in [5.41, 5.74) is 1.50. The minimum Gasteiger partial charge on any atom is -0.352 e. The molecule has 4 aromatic rings. The Balaban J connectivity index is 1.47. The number of aromatic amines is 1. The zero-order chi connectivity index (χ0) is 27.0. The first-order valence-electron chi connectivity index (χ1n) is 11.4. The number of hydrogen-bond acceptors (Lipinski definition) is 3. The molecule has 0 aliphatic carbocycles. The fourth-order valence-corrected chi connectivity index (χ4v) is 3.74. The van der Waals surface area contributed by atoms with Crippen LogP contribution in [0.1, 0.15) is 42.3 Å². The van der Waals surface area contributed by atoms with Gasteiger partial charge in [-0.1, -0.05) is 38.4 Å². The molecule has 3 aromatic carbocycles. The van der Waals surface area contributed by atoms with Crippen molar-refractivity contribution < 1.29 is 22.8 Å². The third-order valence-electron chi connectivity index (χ3n) is 5.64. The highest BCUT2D eigenvalue weighted by Gasteiger charge is 2.30. The van der Waals surface area contributed by atoms with Crippen LogP contribution in [0.15, 0.2) is 60.7 Å². The summed E-state index contributed by atoms with van der Waals surface area (Å²) in [5, 5.41) is 5.88. The van der Waals surface area contributed by atoms with Crippen LogP contribution in [0, 0.1) is 5.41 Å². The summed E-state index contributed by atoms with van der Waals surface area (Å²) in [6, 6.07) is 15.0. The van der Waals surface area contributed by atoms with E-state index in [-0.39, 0.29) is 28.6 Å². The number of anilines is 1. The molecule has 192 valence electrons. The molecule has 0 spiro atoms. The number of aromatic nitrogens is 2. The van der Waals surface area contributed by atoms with Crippen molar-refractivity contribution in [2.75, 3.05) is 5.32 Å². The van der Waals surface area contributed by atoms with Crippen LogP contribution in [0.4, 0.5) is 18.9 Å². The quantitative estimate of drug-likeness (QED) is 0.266. The molecule has 1 aromatic heterocycles. The lowest BCUT2D eigenvalue weighted by Crippen LogP contribution is -2.34. The number of amides is 2. The number of rotatable bonds is 5. The molecule has 37 heavy (non-hydrogen) atoms. The van der Waals surface area contributed by atoms with Crippen LogP contribution in [-0.2, 0) is 17.5 Å².